The van der Waals surface area contributed by atoms with E-state index < -0.39 is 6.10 Å². The first-order valence-electron chi connectivity index (χ1n) is 6.22. The highest BCUT2D eigenvalue weighted by Crippen LogP contribution is 2.22. The number of hydrogen-bond acceptors (Lipinski definition) is 3. The SMILES string of the molecule is COCC(=O)N1CC[C@@H](O)[C@@H]1Cc1ccccc1. The van der Waals surface area contributed by atoms with Crippen molar-refractivity contribution in [2.75, 3.05) is 20.3 Å². The summed E-state index contributed by atoms with van der Waals surface area (Å²) in [7, 11) is 1.51. The van der Waals surface area contributed by atoms with Crippen molar-refractivity contribution in [2.45, 2.75) is 25.0 Å². The molecule has 1 aromatic carbocycles. The fourth-order valence-electron chi connectivity index (χ4n) is 2.46. The number of rotatable bonds is 4. The van der Waals surface area contributed by atoms with Gasteiger partial charge in [0.1, 0.15) is 6.61 Å². The predicted octanol–water partition coefficient (Wildman–Crippen LogP) is 0.837. The van der Waals surface area contributed by atoms with E-state index in [4.69, 9.17) is 4.74 Å². The molecule has 0 aromatic heterocycles. The second kappa shape index (κ2) is 5.98. The second-order valence-electron chi connectivity index (χ2n) is 4.63. The molecule has 0 bridgehead atoms. The standard InChI is InChI=1S/C14H19NO3/c1-18-10-14(17)15-8-7-13(16)12(15)9-11-5-3-2-4-6-11/h2-6,12-13,16H,7-10H2,1H3/t12-,13+/m0/s1. The number of carbonyl (C=O) groups excluding carboxylic acids is 1. The smallest absolute Gasteiger partial charge is 0.248 e. The molecule has 0 aliphatic carbocycles. The molecule has 4 nitrogen and oxygen atoms in total. The molecule has 1 aromatic rings. The van der Waals surface area contributed by atoms with Crippen LogP contribution in [0.1, 0.15) is 12.0 Å². The number of amides is 1. The Morgan fingerprint density at radius 1 is 1.44 bits per heavy atom. The maximum absolute atomic E-state index is 11.9. The van der Waals surface area contributed by atoms with Crippen molar-refractivity contribution in [1.29, 1.82) is 0 Å². The number of ether oxygens (including phenoxy) is 1. The predicted molar refractivity (Wildman–Crippen MR) is 68.1 cm³/mol. The summed E-state index contributed by atoms with van der Waals surface area (Å²) in [6.45, 7) is 0.693. The average Bonchev–Trinajstić information content (AvgIpc) is 2.73. The third-order valence-corrected chi connectivity index (χ3v) is 3.39. The zero-order valence-corrected chi connectivity index (χ0v) is 10.6. The number of carbonyl (C=O) groups is 1. The highest BCUT2D eigenvalue weighted by atomic mass is 16.5. The Labute approximate surface area is 107 Å². The van der Waals surface area contributed by atoms with Gasteiger partial charge in [0.2, 0.25) is 5.91 Å². The molecule has 2 atom stereocenters. The Morgan fingerprint density at radius 2 is 2.17 bits per heavy atom. The number of likely N-dealkylation sites (tertiary alicyclic amines) is 1. The summed E-state index contributed by atoms with van der Waals surface area (Å²) in [5.41, 5.74) is 1.14. The maximum atomic E-state index is 11.9. The molecule has 0 saturated carbocycles. The van der Waals surface area contributed by atoms with Gasteiger partial charge in [0, 0.05) is 13.7 Å². The minimum Gasteiger partial charge on any atom is -0.391 e. The van der Waals surface area contributed by atoms with E-state index in [1.165, 1.54) is 7.11 Å². The zero-order valence-electron chi connectivity index (χ0n) is 10.6. The summed E-state index contributed by atoms with van der Waals surface area (Å²) < 4.78 is 4.88. The quantitative estimate of drug-likeness (QED) is 0.860. The minimum absolute atomic E-state index is 0.0463. The lowest BCUT2D eigenvalue weighted by Crippen LogP contribution is -2.42. The van der Waals surface area contributed by atoms with Gasteiger partial charge in [-0.1, -0.05) is 30.3 Å². The minimum atomic E-state index is -0.439. The highest BCUT2D eigenvalue weighted by Gasteiger charge is 2.35. The average molecular weight is 249 g/mol. The van der Waals surface area contributed by atoms with Gasteiger partial charge in [0.25, 0.3) is 0 Å². The van der Waals surface area contributed by atoms with Gasteiger partial charge in [-0.3, -0.25) is 4.79 Å². The van der Waals surface area contributed by atoms with Gasteiger partial charge in [0.05, 0.1) is 12.1 Å². The van der Waals surface area contributed by atoms with Gasteiger partial charge in [0.15, 0.2) is 0 Å². The van der Waals surface area contributed by atoms with E-state index in [0.29, 0.717) is 19.4 Å². The molecule has 0 spiro atoms. The Kier molecular flexibility index (Phi) is 4.33. The van der Waals surface area contributed by atoms with Crippen LogP contribution in [0.5, 0.6) is 0 Å². The van der Waals surface area contributed by atoms with Crippen LogP contribution in [0.3, 0.4) is 0 Å². The van der Waals surface area contributed by atoms with E-state index in [1.807, 2.05) is 30.3 Å². The Balaban J connectivity index is 2.06. The second-order valence-corrected chi connectivity index (χ2v) is 4.63. The number of benzene rings is 1. The van der Waals surface area contributed by atoms with Crippen LogP contribution < -0.4 is 0 Å². The lowest BCUT2D eigenvalue weighted by Gasteiger charge is -2.26. The Bertz CT molecular complexity index is 393. The Hall–Kier alpha value is -1.39. The molecule has 1 aliphatic rings. The van der Waals surface area contributed by atoms with Gasteiger partial charge in [-0.2, -0.15) is 0 Å². The molecular weight excluding hydrogens is 230 g/mol. The number of methoxy groups -OCH3 is 1. The van der Waals surface area contributed by atoms with E-state index >= 15 is 0 Å². The largest absolute Gasteiger partial charge is 0.391 e. The normalized spacial score (nSPS) is 23.3. The molecule has 0 radical (unpaired) electrons. The summed E-state index contributed by atoms with van der Waals surface area (Å²) in [4.78, 5) is 13.6. The summed E-state index contributed by atoms with van der Waals surface area (Å²) in [6.07, 6.45) is 0.899. The molecule has 18 heavy (non-hydrogen) atoms. The monoisotopic (exact) mass is 249 g/mol. The lowest BCUT2D eigenvalue weighted by molar-refractivity contribution is -0.136. The molecule has 1 saturated heterocycles. The van der Waals surface area contributed by atoms with Crippen LogP contribution >= 0.6 is 0 Å². The van der Waals surface area contributed by atoms with Crippen molar-refractivity contribution in [2.24, 2.45) is 0 Å². The van der Waals surface area contributed by atoms with E-state index in [2.05, 4.69) is 0 Å². The van der Waals surface area contributed by atoms with Crippen molar-refractivity contribution in [3.8, 4) is 0 Å². The fourth-order valence-corrected chi connectivity index (χ4v) is 2.46. The molecular formula is C14H19NO3. The molecule has 98 valence electrons. The first kappa shape index (κ1) is 13.1. The van der Waals surface area contributed by atoms with E-state index in [9.17, 15) is 9.90 Å². The van der Waals surface area contributed by atoms with Gasteiger partial charge in [-0.05, 0) is 18.4 Å². The number of aliphatic hydroxyl groups excluding tert-OH is 1. The van der Waals surface area contributed by atoms with E-state index in [1.54, 1.807) is 4.90 Å². The molecule has 4 heteroatoms. The first-order chi connectivity index (χ1) is 8.72. The summed E-state index contributed by atoms with van der Waals surface area (Å²) in [5.74, 6) is -0.0463. The van der Waals surface area contributed by atoms with Crippen LogP contribution in [0, 0.1) is 0 Å². The number of aliphatic hydroxyl groups is 1. The van der Waals surface area contributed by atoms with Crippen molar-refractivity contribution >= 4 is 5.91 Å². The molecule has 1 N–H and O–H groups in total. The van der Waals surface area contributed by atoms with Crippen LogP contribution in [-0.4, -0.2) is 48.3 Å². The summed E-state index contributed by atoms with van der Waals surface area (Å²) in [6, 6.07) is 9.81. The van der Waals surface area contributed by atoms with Gasteiger partial charge >= 0.3 is 0 Å². The molecule has 1 heterocycles. The van der Waals surface area contributed by atoms with Crippen molar-refractivity contribution in [3.63, 3.8) is 0 Å². The third kappa shape index (κ3) is 2.89. The van der Waals surface area contributed by atoms with Crippen molar-refractivity contribution < 1.29 is 14.6 Å². The zero-order chi connectivity index (χ0) is 13.0. The highest BCUT2D eigenvalue weighted by molar-refractivity contribution is 5.78. The topological polar surface area (TPSA) is 49.8 Å². The van der Waals surface area contributed by atoms with Crippen LogP contribution in [0.15, 0.2) is 30.3 Å². The van der Waals surface area contributed by atoms with Gasteiger partial charge < -0.3 is 14.7 Å². The van der Waals surface area contributed by atoms with Crippen LogP contribution in [-0.2, 0) is 16.0 Å². The van der Waals surface area contributed by atoms with Crippen molar-refractivity contribution in [3.05, 3.63) is 35.9 Å². The third-order valence-electron chi connectivity index (χ3n) is 3.39. The van der Waals surface area contributed by atoms with Crippen LogP contribution in [0.2, 0.25) is 0 Å². The summed E-state index contributed by atoms with van der Waals surface area (Å²) >= 11 is 0. The maximum Gasteiger partial charge on any atom is 0.248 e. The molecule has 1 aliphatic heterocycles. The van der Waals surface area contributed by atoms with E-state index in [-0.39, 0.29) is 18.6 Å². The number of nitrogens with zero attached hydrogens (tertiary/aromatic N) is 1. The van der Waals surface area contributed by atoms with Gasteiger partial charge in [-0.25, -0.2) is 0 Å². The lowest BCUT2D eigenvalue weighted by atomic mass is 10.0. The molecule has 2 rings (SSSR count). The molecule has 0 unspecified atom stereocenters. The Morgan fingerprint density at radius 3 is 2.83 bits per heavy atom. The van der Waals surface area contributed by atoms with Crippen molar-refractivity contribution in [1.82, 2.24) is 4.90 Å². The van der Waals surface area contributed by atoms with E-state index in [0.717, 1.165) is 5.56 Å². The van der Waals surface area contributed by atoms with Crippen LogP contribution in [0.4, 0.5) is 0 Å². The molecule has 1 fully saturated rings. The van der Waals surface area contributed by atoms with Gasteiger partial charge in [-0.15, -0.1) is 0 Å². The first-order valence-corrected chi connectivity index (χ1v) is 6.22. The number of hydrogen-bond donors (Lipinski definition) is 1. The molecule has 1 amide bonds. The summed E-state index contributed by atoms with van der Waals surface area (Å²) in [5, 5.41) is 10.0. The van der Waals surface area contributed by atoms with Crippen LogP contribution in [0.25, 0.3) is 0 Å². The fraction of sp³-hybridized carbons (Fsp3) is 0.500.